The molecule has 1 saturated heterocycles. The molecule has 1 fully saturated rings. The average Bonchev–Trinajstić information content (AvgIpc) is 1.85. The van der Waals surface area contributed by atoms with E-state index in [1.807, 2.05) is 13.8 Å². The summed E-state index contributed by atoms with van der Waals surface area (Å²) in [6.45, 7) is 5.35. The van der Waals surface area contributed by atoms with Crippen molar-refractivity contribution in [3.63, 3.8) is 0 Å². The van der Waals surface area contributed by atoms with E-state index < -0.39 is 6.09 Å². The van der Waals surface area contributed by atoms with Crippen LogP contribution < -0.4 is 5.32 Å². The molecule has 0 spiro atoms. The van der Waals surface area contributed by atoms with Crippen LogP contribution in [-0.2, 0) is 0 Å². The highest BCUT2D eigenvalue weighted by Crippen LogP contribution is 2.08. The second kappa shape index (κ2) is 4.52. The van der Waals surface area contributed by atoms with Gasteiger partial charge >= 0.3 is 6.09 Å². The summed E-state index contributed by atoms with van der Waals surface area (Å²) in [5, 5.41) is 11.9. The Hall–Kier alpha value is -0.480. The summed E-state index contributed by atoms with van der Waals surface area (Å²) in [6, 6.07) is 0.187. The highest BCUT2D eigenvalue weighted by atomic mass is 35.5. The van der Waals surface area contributed by atoms with Gasteiger partial charge in [0.25, 0.3) is 0 Å². The topological polar surface area (TPSA) is 52.6 Å². The fourth-order valence-electron chi connectivity index (χ4n) is 1.51. The Balaban J connectivity index is 0.00000121. The number of carboxylic acid groups (broad SMARTS) is 1. The first-order valence-corrected chi connectivity index (χ1v) is 3.85. The molecule has 4 nitrogen and oxygen atoms in total. The van der Waals surface area contributed by atoms with Crippen LogP contribution in [0.2, 0.25) is 0 Å². The minimum absolute atomic E-state index is 0. The molecule has 12 heavy (non-hydrogen) atoms. The predicted octanol–water partition coefficient (Wildman–Crippen LogP) is 0.768. The van der Waals surface area contributed by atoms with Gasteiger partial charge in [0.05, 0.1) is 0 Å². The van der Waals surface area contributed by atoms with Gasteiger partial charge in [0.1, 0.15) is 0 Å². The lowest BCUT2D eigenvalue weighted by molar-refractivity contribution is 0.0911. The molecule has 2 atom stereocenters. The fourth-order valence-corrected chi connectivity index (χ4v) is 1.51. The molecule has 5 heteroatoms. The van der Waals surface area contributed by atoms with Crippen LogP contribution in [0.3, 0.4) is 0 Å². The molecule has 0 radical (unpaired) electrons. The molecule has 1 rings (SSSR count). The number of carbonyl (C=O) groups is 1. The SMILES string of the molecule is C[C@@H]1CNC[C@H](C)N1C(=O)O.Cl. The molecule has 0 aromatic heterocycles. The molecule has 0 aromatic rings. The smallest absolute Gasteiger partial charge is 0.407 e. The molecular formula is C7H15ClN2O2. The Morgan fingerprint density at radius 3 is 2.08 bits per heavy atom. The Labute approximate surface area is 78.3 Å². The number of nitrogens with zero attached hydrogens (tertiary/aromatic N) is 1. The summed E-state index contributed by atoms with van der Waals surface area (Å²) in [6.07, 6.45) is -0.813. The standard InChI is InChI=1S/C7H14N2O2.ClH/c1-5-3-8-4-6(2)9(5)7(10)11;/h5-6,8H,3-4H2,1-2H3,(H,10,11);1H/t5-,6+;. The number of piperazine rings is 1. The van der Waals surface area contributed by atoms with Crippen LogP contribution in [0.5, 0.6) is 0 Å². The van der Waals surface area contributed by atoms with Crippen LogP contribution in [-0.4, -0.2) is 41.3 Å². The number of hydrogen-bond donors (Lipinski definition) is 2. The van der Waals surface area contributed by atoms with Gasteiger partial charge in [0.15, 0.2) is 0 Å². The Morgan fingerprint density at radius 1 is 1.42 bits per heavy atom. The first kappa shape index (κ1) is 11.5. The summed E-state index contributed by atoms with van der Waals surface area (Å²) in [5.74, 6) is 0. The van der Waals surface area contributed by atoms with Gasteiger partial charge in [0, 0.05) is 25.2 Å². The van der Waals surface area contributed by atoms with Gasteiger partial charge in [-0.3, -0.25) is 0 Å². The van der Waals surface area contributed by atoms with Gasteiger partial charge < -0.3 is 15.3 Å². The molecule has 72 valence electrons. The monoisotopic (exact) mass is 194 g/mol. The van der Waals surface area contributed by atoms with Gasteiger partial charge in [-0.2, -0.15) is 0 Å². The Morgan fingerprint density at radius 2 is 1.83 bits per heavy atom. The van der Waals surface area contributed by atoms with Crippen molar-refractivity contribution >= 4 is 18.5 Å². The van der Waals surface area contributed by atoms with E-state index in [1.165, 1.54) is 4.90 Å². The first-order chi connectivity index (χ1) is 5.13. The highest BCUT2D eigenvalue weighted by Gasteiger charge is 2.27. The quantitative estimate of drug-likeness (QED) is 0.599. The first-order valence-electron chi connectivity index (χ1n) is 3.85. The lowest BCUT2D eigenvalue weighted by Gasteiger charge is -2.37. The van der Waals surface area contributed by atoms with Gasteiger partial charge in [-0.05, 0) is 13.8 Å². The van der Waals surface area contributed by atoms with Crippen LogP contribution >= 0.6 is 12.4 Å². The maximum absolute atomic E-state index is 10.7. The summed E-state index contributed by atoms with van der Waals surface area (Å²) in [4.78, 5) is 12.2. The predicted molar refractivity (Wildman–Crippen MR) is 48.9 cm³/mol. The molecule has 0 aliphatic carbocycles. The third-order valence-corrected chi connectivity index (χ3v) is 2.05. The van der Waals surface area contributed by atoms with Crippen molar-refractivity contribution in [2.24, 2.45) is 0 Å². The van der Waals surface area contributed by atoms with E-state index in [9.17, 15) is 4.79 Å². The number of rotatable bonds is 0. The molecule has 1 heterocycles. The van der Waals surface area contributed by atoms with Crippen LogP contribution in [0.15, 0.2) is 0 Å². The zero-order valence-electron chi connectivity index (χ0n) is 7.28. The summed E-state index contributed by atoms with van der Waals surface area (Å²) >= 11 is 0. The molecular weight excluding hydrogens is 180 g/mol. The third-order valence-electron chi connectivity index (χ3n) is 2.05. The molecule has 0 aromatic carbocycles. The van der Waals surface area contributed by atoms with Crippen molar-refractivity contribution in [2.45, 2.75) is 25.9 Å². The molecule has 0 unspecified atom stereocenters. The zero-order chi connectivity index (χ0) is 8.43. The highest BCUT2D eigenvalue weighted by molar-refractivity contribution is 5.85. The molecule has 1 amide bonds. The third kappa shape index (κ3) is 2.25. The average molecular weight is 195 g/mol. The number of amides is 1. The molecule has 0 saturated carbocycles. The zero-order valence-corrected chi connectivity index (χ0v) is 8.10. The van der Waals surface area contributed by atoms with Crippen molar-refractivity contribution in [2.75, 3.05) is 13.1 Å². The van der Waals surface area contributed by atoms with Crippen molar-refractivity contribution in [1.29, 1.82) is 0 Å². The van der Waals surface area contributed by atoms with Crippen LogP contribution in [0, 0.1) is 0 Å². The molecule has 0 bridgehead atoms. The van der Waals surface area contributed by atoms with E-state index in [0.717, 1.165) is 13.1 Å². The van der Waals surface area contributed by atoms with E-state index >= 15 is 0 Å². The lowest BCUT2D eigenvalue weighted by atomic mass is 10.1. The Bertz CT molecular complexity index is 155. The normalized spacial score (nSPS) is 29.3. The van der Waals surface area contributed by atoms with Crippen LogP contribution in [0.1, 0.15) is 13.8 Å². The number of nitrogens with one attached hydrogen (secondary N) is 1. The summed E-state index contributed by atoms with van der Waals surface area (Å²) in [5.41, 5.74) is 0. The minimum atomic E-state index is -0.813. The number of hydrogen-bond acceptors (Lipinski definition) is 2. The van der Waals surface area contributed by atoms with E-state index in [4.69, 9.17) is 5.11 Å². The molecule has 1 aliphatic heterocycles. The largest absolute Gasteiger partial charge is 0.465 e. The van der Waals surface area contributed by atoms with Gasteiger partial charge in [0.2, 0.25) is 0 Å². The summed E-state index contributed by atoms with van der Waals surface area (Å²) in [7, 11) is 0. The van der Waals surface area contributed by atoms with Crippen LogP contribution in [0.4, 0.5) is 4.79 Å². The summed E-state index contributed by atoms with van der Waals surface area (Å²) < 4.78 is 0. The van der Waals surface area contributed by atoms with Crippen molar-refractivity contribution in [3.8, 4) is 0 Å². The minimum Gasteiger partial charge on any atom is -0.465 e. The van der Waals surface area contributed by atoms with Gasteiger partial charge in [-0.15, -0.1) is 12.4 Å². The van der Waals surface area contributed by atoms with Crippen LogP contribution in [0.25, 0.3) is 0 Å². The Kier molecular flexibility index (Phi) is 4.34. The maximum Gasteiger partial charge on any atom is 0.407 e. The van der Waals surface area contributed by atoms with E-state index in [2.05, 4.69) is 5.32 Å². The number of halogens is 1. The van der Waals surface area contributed by atoms with Gasteiger partial charge in [-0.25, -0.2) is 4.79 Å². The van der Waals surface area contributed by atoms with Crippen molar-refractivity contribution in [1.82, 2.24) is 10.2 Å². The van der Waals surface area contributed by atoms with Crippen molar-refractivity contribution in [3.05, 3.63) is 0 Å². The molecule has 1 aliphatic rings. The molecule has 2 N–H and O–H groups in total. The van der Waals surface area contributed by atoms with E-state index in [0.29, 0.717) is 0 Å². The fraction of sp³-hybridized carbons (Fsp3) is 0.857. The second-order valence-corrected chi connectivity index (χ2v) is 3.05. The second-order valence-electron chi connectivity index (χ2n) is 3.05. The van der Waals surface area contributed by atoms with E-state index in [-0.39, 0.29) is 24.5 Å². The maximum atomic E-state index is 10.7. The van der Waals surface area contributed by atoms with Crippen molar-refractivity contribution < 1.29 is 9.90 Å². The van der Waals surface area contributed by atoms with Gasteiger partial charge in [-0.1, -0.05) is 0 Å². The van der Waals surface area contributed by atoms with E-state index in [1.54, 1.807) is 0 Å². The lowest BCUT2D eigenvalue weighted by Crippen LogP contribution is -2.56.